The van der Waals surface area contributed by atoms with Crippen molar-refractivity contribution in [2.24, 2.45) is 0 Å². The molecule has 1 heterocycles. The van der Waals surface area contributed by atoms with Gasteiger partial charge in [0.1, 0.15) is 6.04 Å². The quantitative estimate of drug-likeness (QED) is 0.654. The predicted molar refractivity (Wildman–Crippen MR) is 101 cm³/mol. The van der Waals surface area contributed by atoms with Crippen LogP contribution in [-0.4, -0.2) is 36.6 Å². The van der Waals surface area contributed by atoms with Gasteiger partial charge in [-0.25, -0.2) is 4.79 Å². The number of hydrogen-bond acceptors (Lipinski definition) is 3. The van der Waals surface area contributed by atoms with Crippen LogP contribution in [0, 0.1) is 0 Å². The van der Waals surface area contributed by atoms with Crippen LogP contribution in [0.2, 0.25) is 0 Å². The molecule has 0 aromatic heterocycles. The highest BCUT2D eigenvalue weighted by Gasteiger charge is 2.34. The van der Waals surface area contributed by atoms with Crippen LogP contribution in [0.1, 0.15) is 56.4 Å². The number of rotatable bonds is 5. The van der Waals surface area contributed by atoms with Gasteiger partial charge in [0.25, 0.3) is 0 Å². The average molecular weight is 356 g/mol. The van der Waals surface area contributed by atoms with Crippen molar-refractivity contribution in [2.45, 2.75) is 69.0 Å². The Morgan fingerprint density at radius 1 is 1.00 bits per heavy atom. The van der Waals surface area contributed by atoms with Gasteiger partial charge in [0.2, 0.25) is 5.91 Å². The summed E-state index contributed by atoms with van der Waals surface area (Å²) in [6.45, 7) is 0.367. The summed E-state index contributed by atoms with van der Waals surface area (Å²) in [5, 5.41) is 11.8. The highest BCUT2D eigenvalue weighted by Crippen LogP contribution is 2.33. The molecule has 1 unspecified atom stereocenters. The van der Waals surface area contributed by atoms with Crippen LogP contribution in [0.5, 0.6) is 0 Å². The zero-order chi connectivity index (χ0) is 17.9. The third-order valence-corrected chi connectivity index (χ3v) is 5.93. The van der Waals surface area contributed by atoms with E-state index < -0.39 is 6.04 Å². The maximum absolute atomic E-state index is 12.1. The molecule has 0 radical (unpaired) electrons. The maximum atomic E-state index is 12.1. The van der Waals surface area contributed by atoms with E-state index >= 15 is 0 Å². The Morgan fingerprint density at radius 3 is 2.38 bits per heavy atom. The molecular formula is C20H28N4O2. The predicted octanol–water partition coefficient (Wildman–Crippen LogP) is 2.47. The van der Waals surface area contributed by atoms with Crippen molar-refractivity contribution in [3.63, 3.8) is 0 Å². The first kappa shape index (κ1) is 17.2. The van der Waals surface area contributed by atoms with Crippen LogP contribution in [-0.2, 0) is 4.79 Å². The standard InChI is InChI=1S/C20H28N4O2/c25-19(18-12-21-20(26)24-18)23-17-10-16(11-17)22-15-8-6-14(7-9-15)13-4-2-1-3-5-13/h6-9,13,16-18,22H,1-5,10-12H2,(H,23,25)(H2,21,24,26). The molecule has 1 aromatic rings. The fraction of sp³-hybridized carbons (Fsp3) is 0.600. The Hall–Kier alpha value is -2.24. The van der Waals surface area contributed by atoms with Crippen molar-refractivity contribution in [1.29, 1.82) is 0 Å². The molecule has 3 aliphatic rings. The third-order valence-electron chi connectivity index (χ3n) is 5.93. The van der Waals surface area contributed by atoms with E-state index in [4.69, 9.17) is 0 Å². The zero-order valence-electron chi connectivity index (χ0n) is 15.1. The Kier molecular flexibility index (Phi) is 5.00. The Bertz CT molecular complexity index is 648. The number of benzene rings is 1. The summed E-state index contributed by atoms with van der Waals surface area (Å²) in [5.41, 5.74) is 2.63. The monoisotopic (exact) mass is 356 g/mol. The number of anilines is 1. The van der Waals surface area contributed by atoms with Gasteiger partial charge in [-0.3, -0.25) is 4.79 Å². The van der Waals surface area contributed by atoms with Crippen LogP contribution in [0.4, 0.5) is 10.5 Å². The number of carbonyl (C=O) groups is 2. The first-order valence-corrected chi connectivity index (χ1v) is 9.88. The lowest BCUT2D eigenvalue weighted by Gasteiger charge is -2.37. The fourth-order valence-corrected chi connectivity index (χ4v) is 4.29. The molecule has 2 saturated carbocycles. The van der Waals surface area contributed by atoms with E-state index in [-0.39, 0.29) is 18.0 Å². The minimum absolute atomic E-state index is 0.0939. The van der Waals surface area contributed by atoms with E-state index in [2.05, 4.69) is 45.5 Å². The lowest BCUT2D eigenvalue weighted by molar-refractivity contribution is -0.123. The SMILES string of the molecule is O=C1NCC(C(=O)NC2CC(Nc3ccc(C4CCCCC4)cc3)C2)N1. The molecule has 1 aliphatic heterocycles. The van der Waals surface area contributed by atoms with Gasteiger partial charge in [0.05, 0.1) is 0 Å². The average Bonchev–Trinajstić information content (AvgIpc) is 3.08. The van der Waals surface area contributed by atoms with Crippen LogP contribution in [0.25, 0.3) is 0 Å². The third kappa shape index (κ3) is 3.94. The molecule has 4 N–H and O–H groups in total. The molecule has 1 atom stereocenters. The van der Waals surface area contributed by atoms with Crippen molar-refractivity contribution in [3.8, 4) is 0 Å². The Morgan fingerprint density at radius 2 is 1.73 bits per heavy atom. The lowest BCUT2D eigenvalue weighted by atomic mass is 9.84. The van der Waals surface area contributed by atoms with Gasteiger partial charge in [-0.15, -0.1) is 0 Å². The van der Waals surface area contributed by atoms with Crippen LogP contribution in [0.3, 0.4) is 0 Å². The molecule has 0 spiro atoms. The molecule has 2 aliphatic carbocycles. The van der Waals surface area contributed by atoms with Crippen molar-refractivity contribution in [1.82, 2.24) is 16.0 Å². The number of carbonyl (C=O) groups excluding carboxylic acids is 2. The summed E-state index contributed by atoms with van der Waals surface area (Å²) in [6.07, 6.45) is 8.61. The minimum atomic E-state index is -0.443. The summed E-state index contributed by atoms with van der Waals surface area (Å²) in [6, 6.07) is 8.80. The largest absolute Gasteiger partial charge is 0.382 e. The molecule has 26 heavy (non-hydrogen) atoms. The zero-order valence-corrected chi connectivity index (χ0v) is 15.1. The summed E-state index contributed by atoms with van der Waals surface area (Å²) in [4.78, 5) is 23.2. The highest BCUT2D eigenvalue weighted by molar-refractivity contribution is 5.90. The summed E-state index contributed by atoms with van der Waals surface area (Å²) < 4.78 is 0. The van der Waals surface area contributed by atoms with E-state index in [1.54, 1.807) is 0 Å². The molecular weight excluding hydrogens is 328 g/mol. The van der Waals surface area contributed by atoms with Crippen LogP contribution in [0.15, 0.2) is 24.3 Å². The maximum Gasteiger partial charge on any atom is 0.315 e. The van der Waals surface area contributed by atoms with E-state index in [9.17, 15) is 9.59 Å². The molecule has 140 valence electrons. The molecule has 3 amide bonds. The first-order valence-electron chi connectivity index (χ1n) is 9.88. The van der Waals surface area contributed by atoms with Gasteiger partial charge in [-0.1, -0.05) is 31.4 Å². The summed E-state index contributed by atoms with van der Waals surface area (Å²) in [7, 11) is 0. The number of nitrogens with one attached hydrogen (secondary N) is 4. The molecule has 3 fully saturated rings. The van der Waals surface area contributed by atoms with E-state index in [1.165, 1.54) is 37.7 Å². The van der Waals surface area contributed by atoms with Crippen LogP contribution < -0.4 is 21.3 Å². The fourth-order valence-electron chi connectivity index (χ4n) is 4.29. The van der Waals surface area contributed by atoms with E-state index in [0.717, 1.165) is 24.4 Å². The second-order valence-electron chi connectivity index (χ2n) is 7.88. The first-order chi connectivity index (χ1) is 12.7. The van der Waals surface area contributed by atoms with Gasteiger partial charge >= 0.3 is 6.03 Å². The molecule has 0 bridgehead atoms. The van der Waals surface area contributed by atoms with Gasteiger partial charge in [-0.2, -0.15) is 0 Å². The van der Waals surface area contributed by atoms with Crippen molar-refractivity contribution < 1.29 is 9.59 Å². The van der Waals surface area contributed by atoms with Crippen LogP contribution >= 0.6 is 0 Å². The molecule has 1 saturated heterocycles. The van der Waals surface area contributed by atoms with Gasteiger partial charge < -0.3 is 21.3 Å². The molecule has 1 aromatic carbocycles. The van der Waals surface area contributed by atoms with Crippen molar-refractivity contribution >= 4 is 17.6 Å². The number of amides is 3. The smallest absolute Gasteiger partial charge is 0.315 e. The van der Waals surface area contributed by atoms with Gasteiger partial charge in [0.15, 0.2) is 0 Å². The summed E-state index contributed by atoms with van der Waals surface area (Å²) in [5.74, 6) is 0.648. The summed E-state index contributed by atoms with van der Waals surface area (Å²) >= 11 is 0. The second kappa shape index (κ2) is 7.56. The lowest BCUT2D eigenvalue weighted by Crippen LogP contribution is -2.54. The molecule has 6 nitrogen and oxygen atoms in total. The topological polar surface area (TPSA) is 82.3 Å². The van der Waals surface area contributed by atoms with E-state index in [1.807, 2.05) is 0 Å². The highest BCUT2D eigenvalue weighted by atomic mass is 16.2. The molecule has 6 heteroatoms. The second-order valence-corrected chi connectivity index (χ2v) is 7.88. The number of hydrogen-bond donors (Lipinski definition) is 4. The van der Waals surface area contributed by atoms with Crippen molar-refractivity contribution in [3.05, 3.63) is 29.8 Å². The normalized spacial score (nSPS) is 28.6. The van der Waals surface area contributed by atoms with Gasteiger partial charge in [-0.05, 0) is 49.3 Å². The minimum Gasteiger partial charge on any atom is -0.382 e. The van der Waals surface area contributed by atoms with Crippen molar-refractivity contribution in [2.75, 3.05) is 11.9 Å². The van der Waals surface area contributed by atoms with Gasteiger partial charge in [0, 0.05) is 24.3 Å². The number of urea groups is 1. The Labute approximate surface area is 154 Å². The molecule has 4 rings (SSSR count). The Balaban J connectivity index is 1.20. The van der Waals surface area contributed by atoms with E-state index in [0.29, 0.717) is 12.6 Å².